The number of halogens is 3. The summed E-state index contributed by atoms with van der Waals surface area (Å²) >= 11 is 17.9. The number of benzene rings is 2. The van der Waals surface area contributed by atoms with Gasteiger partial charge in [-0.1, -0.05) is 35.9 Å². The van der Waals surface area contributed by atoms with Crippen molar-refractivity contribution in [2.45, 2.75) is 38.5 Å². The first kappa shape index (κ1) is 20.5. The highest BCUT2D eigenvalue weighted by molar-refractivity contribution is 6.33. The maximum Gasteiger partial charge on any atom is 0.145 e. The predicted molar refractivity (Wildman–Crippen MR) is 109 cm³/mol. The van der Waals surface area contributed by atoms with Crippen molar-refractivity contribution in [1.82, 2.24) is 0 Å². The molecule has 2 rings (SSSR count). The molecule has 2 aromatic carbocycles. The second-order valence-corrected chi connectivity index (χ2v) is 7.09. The number of rotatable bonds is 12. The van der Waals surface area contributed by atoms with Gasteiger partial charge in [0, 0.05) is 28.6 Å². The summed E-state index contributed by atoms with van der Waals surface area (Å²) in [7, 11) is 0. The van der Waals surface area contributed by atoms with E-state index in [1.54, 1.807) is 0 Å². The molecule has 25 heavy (non-hydrogen) atoms. The third-order valence-corrected chi connectivity index (χ3v) is 4.79. The molecule has 0 spiro atoms. The second-order valence-electron chi connectivity index (χ2n) is 5.93. The van der Waals surface area contributed by atoms with Crippen LogP contribution in [0.1, 0.15) is 38.5 Å². The summed E-state index contributed by atoms with van der Waals surface area (Å²) < 4.78 is 11.9. The predicted octanol–water partition coefficient (Wildman–Crippen LogP) is 7.07. The Labute approximate surface area is 165 Å². The minimum atomic E-state index is 0.590. The van der Waals surface area contributed by atoms with E-state index in [-0.39, 0.29) is 0 Å². The number of unbranched alkanes of at least 4 members (excludes halogenated alkanes) is 4. The molecular formula is C20H25Cl3O2. The highest BCUT2D eigenvalue weighted by Gasteiger charge is 2.13. The van der Waals surface area contributed by atoms with Gasteiger partial charge in [-0.05, 0) is 38.5 Å². The van der Waals surface area contributed by atoms with Crippen molar-refractivity contribution in [3.63, 3.8) is 0 Å². The third kappa shape index (κ3) is 6.44. The van der Waals surface area contributed by atoms with Gasteiger partial charge in [-0.2, -0.15) is 0 Å². The molecule has 0 aliphatic heterocycles. The van der Waals surface area contributed by atoms with Crippen LogP contribution in [0.2, 0.25) is 5.02 Å². The zero-order valence-corrected chi connectivity index (χ0v) is 16.7. The Morgan fingerprint density at radius 2 is 1.32 bits per heavy atom. The van der Waals surface area contributed by atoms with Gasteiger partial charge in [0.25, 0.3) is 0 Å². The van der Waals surface area contributed by atoms with E-state index >= 15 is 0 Å². The van der Waals surface area contributed by atoms with Crippen molar-refractivity contribution in [2.24, 2.45) is 0 Å². The maximum atomic E-state index is 6.47. The van der Waals surface area contributed by atoms with Crippen LogP contribution in [-0.4, -0.2) is 25.0 Å². The molecule has 0 N–H and O–H groups in total. The Bertz CT molecular complexity index is 646. The van der Waals surface area contributed by atoms with Gasteiger partial charge in [0.2, 0.25) is 0 Å². The van der Waals surface area contributed by atoms with Crippen LogP contribution in [0.3, 0.4) is 0 Å². The molecule has 0 saturated carbocycles. The first-order valence-electron chi connectivity index (χ1n) is 8.86. The van der Waals surface area contributed by atoms with Gasteiger partial charge >= 0.3 is 0 Å². The molecule has 0 unspecified atom stereocenters. The SMILES string of the molecule is ClCCCCCOc1cc(Cl)c(OCCCCCCl)c2ccccc12. The van der Waals surface area contributed by atoms with Gasteiger partial charge in [0.05, 0.1) is 18.2 Å². The Morgan fingerprint density at radius 1 is 0.720 bits per heavy atom. The van der Waals surface area contributed by atoms with E-state index < -0.39 is 0 Å². The van der Waals surface area contributed by atoms with E-state index in [4.69, 9.17) is 44.3 Å². The van der Waals surface area contributed by atoms with E-state index in [2.05, 4.69) is 0 Å². The molecule has 0 aliphatic carbocycles. The molecule has 0 amide bonds. The fourth-order valence-electron chi connectivity index (χ4n) is 2.65. The summed E-state index contributed by atoms with van der Waals surface area (Å²) in [5, 5.41) is 2.61. The van der Waals surface area contributed by atoms with Crippen molar-refractivity contribution in [3.8, 4) is 11.5 Å². The van der Waals surface area contributed by atoms with E-state index in [0.29, 0.717) is 30.0 Å². The zero-order valence-electron chi connectivity index (χ0n) is 14.4. The summed E-state index contributed by atoms with van der Waals surface area (Å²) in [5.74, 6) is 2.94. The number of alkyl halides is 2. The first-order chi connectivity index (χ1) is 12.3. The standard InChI is InChI=1S/C20H25Cl3O2/c21-11-5-1-7-13-24-19-15-18(23)20(25-14-8-2-6-12-22)17-10-4-3-9-16(17)19/h3-4,9-10,15H,1-2,5-8,11-14H2. The molecule has 0 radical (unpaired) electrons. The van der Waals surface area contributed by atoms with Crippen molar-refractivity contribution < 1.29 is 9.47 Å². The van der Waals surface area contributed by atoms with Gasteiger partial charge < -0.3 is 9.47 Å². The molecule has 138 valence electrons. The molecule has 0 bridgehead atoms. The fraction of sp³-hybridized carbons (Fsp3) is 0.500. The number of fused-ring (bicyclic) bond motifs is 1. The number of hydrogen-bond acceptors (Lipinski definition) is 2. The summed E-state index contributed by atoms with van der Waals surface area (Å²) in [5.41, 5.74) is 0. The summed E-state index contributed by atoms with van der Waals surface area (Å²) in [6, 6.07) is 9.92. The normalized spacial score (nSPS) is 11.0. The smallest absolute Gasteiger partial charge is 0.145 e. The summed E-state index contributed by atoms with van der Waals surface area (Å²) in [4.78, 5) is 0. The van der Waals surface area contributed by atoms with Gasteiger partial charge in [-0.15, -0.1) is 23.2 Å². The fourth-order valence-corrected chi connectivity index (χ4v) is 3.29. The van der Waals surface area contributed by atoms with Crippen LogP contribution in [0.25, 0.3) is 10.8 Å². The van der Waals surface area contributed by atoms with E-state index in [1.807, 2.05) is 30.3 Å². The van der Waals surface area contributed by atoms with Crippen LogP contribution in [0.4, 0.5) is 0 Å². The van der Waals surface area contributed by atoms with Crippen LogP contribution in [0.15, 0.2) is 30.3 Å². The monoisotopic (exact) mass is 402 g/mol. The molecule has 0 aliphatic rings. The molecule has 0 aromatic heterocycles. The van der Waals surface area contributed by atoms with Crippen LogP contribution >= 0.6 is 34.8 Å². The lowest BCUT2D eigenvalue weighted by Crippen LogP contribution is -2.01. The molecule has 0 atom stereocenters. The molecule has 0 heterocycles. The largest absolute Gasteiger partial charge is 0.493 e. The van der Waals surface area contributed by atoms with Crippen molar-refractivity contribution in [2.75, 3.05) is 25.0 Å². The third-order valence-electron chi connectivity index (χ3n) is 3.97. The average molecular weight is 404 g/mol. The highest BCUT2D eigenvalue weighted by atomic mass is 35.5. The van der Waals surface area contributed by atoms with E-state index in [1.165, 1.54) is 0 Å². The van der Waals surface area contributed by atoms with Crippen LogP contribution in [0, 0.1) is 0 Å². The maximum absolute atomic E-state index is 6.47. The minimum absolute atomic E-state index is 0.590. The topological polar surface area (TPSA) is 18.5 Å². The molecular weight excluding hydrogens is 379 g/mol. The lowest BCUT2D eigenvalue weighted by molar-refractivity contribution is 0.303. The number of hydrogen-bond donors (Lipinski definition) is 0. The Morgan fingerprint density at radius 3 is 1.96 bits per heavy atom. The second kappa shape index (κ2) is 11.7. The van der Waals surface area contributed by atoms with Gasteiger partial charge in [-0.25, -0.2) is 0 Å². The lowest BCUT2D eigenvalue weighted by atomic mass is 10.1. The minimum Gasteiger partial charge on any atom is -0.493 e. The lowest BCUT2D eigenvalue weighted by Gasteiger charge is -2.15. The molecule has 0 saturated heterocycles. The van der Waals surface area contributed by atoms with Gasteiger partial charge in [0.15, 0.2) is 0 Å². The summed E-state index contributed by atoms with van der Waals surface area (Å²) in [6.07, 6.45) is 6.10. The zero-order chi connectivity index (χ0) is 17.9. The Hall–Kier alpha value is -0.830. The van der Waals surface area contributed by atoms with Crippen LogP contribution in [-0.2, 0) is 0 Å². The first-order valence-corrected chi connectivity index (χ1v) is 10.3. The van der Waals surface area contributed by atoms with Crippen LogP contribution in [0.5, 0.6) is 11.5 Å². The van der Waals surface area contributed by atoms with Crippen molar-refractivity contribution in [3.05, 3.63) is 35.4 Å². The summed E-state index contributed by atoms with van der Waals surface area (Å²) in [6.45, 7) is 1.30. The molecule has 0 fully saturated rings. The highest BCUT2D eigenvalue weighted by Crippen LogP contribution is 2.39. The molecule has 2 aromatic rings. The Kier molecular flexibility index (Phi) is 9.60. The number of ether oxygens (including phenoxy) is 2. The van der Waals surface area contributed by atoms with Crippen LogP contribution < -0.4 is 9.47 Å². The Balaban J connectivity index is 2.07. The van der Waals surface area contributed by atoms with E-state index in [0.717, 1.165) is 60.8 Å². The average Bonchev–Trinajstić information content (AvgIpc) is 2.63. The quantitative estimate of drug-likeness (QED) is 0.279. The van der Waals surface area contributed by atoms with Gasteiger partial charge in [-0.3, -0.25) is 0 Å². The molecule has 5 heteroatoms. The van der Waals surface area contributed by atoms with Crippen molar-refractivity contribution in [1.29, 1.82) is 0 Å². The molecule has 2 nitrogen and oxygen atoms in total. The van der Waals surface area contributed by atoms with Crippen molar-refractivity contribution >= 4 is 45.6 Å². The van der Waals surface area contributed by atoms with Gasteiger partial charge in [0.1, 0.15) is 11.5 Å². The van der Waals surface area contributed by atoms with E-state index in [9.17, 15) is 0 Å².